The summed E-state index contributed by atoms with van der Waals surface area (Å²) < 4.78 is 39.2. The Morgan fingerprint density at radius 3 is 2.35 bits per heavy atom. The number of carbonyl (C=O) groups excluding carboxylic acids is 2. The summed E-state index contributed by atoms with van der Waals surface area (Å²) in [7, 11) is 2.54. The highest BCUT2D eigenvalue weighted by Crippen LogP contribution is 2.35. The smallest absolute Gasteiger partial charge is 0.387 e. The van der Waals surface area contributed by atoms with Crippen LogP contribution in [0.2, 0.25) is 0 Å². The Bertz CT molecular complexity index is 999. The van der Waals surface area contributed by atoms with Crippen LogP contribution in [-0.2, 0) is 4.79 Å². The first-order valence-corrected chi connectivity index (χ1v) is 8.70. The molecule has 2 N–H and O–H groups in total. The SMILES string of the molecule is COc1ccc(C)cc1NC(=O)CNC(=O)c1cc(OC)c(OC(F)F)cc1[N+](=O)[O-]. The van der Waals surface area contributed by atoms with E-state index in [1.165, 1.54) is 7.11 Å². The Kier molecular flexibility index (Phi) is 7.66. The van der Waals surface area contributed by atoms with E-state index in [0.29, 0.717) is 17.5 Å². The van der Waals surface area contributed by atoms with E-state index in [-0.39, 0.29) is 5.75 Å². The van der Waals surface area contributed by atoms with E-state index in [9.17, 15) is 28.5 Å². The summed E-state index contributed by atoms with van der Waals surface area (Å²) in [6.07, 6.45) is 0. The molecule has 0 saturated carbocycles. The maximum Gasteiger partial charge on any atom is 0.387 e. The molecule has 0 aliphatic rings. The van der Waals surface area contributed by atoms with Crippen LogP contribution in [0.3, 0.4) is 0 Å². The third-order valence-corrected chi connectivity index (χ3v) is 3.98. The van der Waals surface area contributed by atoms with Crippen molar-refractivity contribution in [1.29, 1.82) is 0 Å². The molecule has 0 aliphatic carbocycles. The molecular formula is C19H19F2N3O7. The molecule has 31 heavy (non-hydrogen) atoms. The van der Waals surface area contributed by atoms with Gasteiger partial charge in [-0.15, -0.1) is 0 Å². The minimum absolute atomic E-state index is 0.315. The number of nitro benzene ring substituents is 1. The van der Waals surface area contributed by atoms with Gasteiger partial charge in [-0.05, 0) is 24.6 Å². The first kappa shape index (κ1) is 23.3. The monoisotopic (exact) mass is 439 g/mol. The van der Waals surface area contributed by atoms with E-state index in [1.54, 1.807) is 18.2 Å². The van der Waals surface area contributed by atoms with Crippen molar-refractivity contribution in [2.75, 3.05) is 26.1 Å². The normalized spacial score (nSPS) is 10.4. The summed E-state index contributed by atoms with van der Waals surface area (Å²) in [5.74, 6) is -2.13. The summed E-state index contributed by atoms with van der Waals surface area (Å²) in [5, 5.41) is 16.1. The van der Waals surface area contributed by atoms with E-state index < -0.39 is 46.9 Å². The Hall–Kier alpha value is -3.96. The van der Waals surface area contributed by atoms with Crippen molar-refractivity contribution in [2.24, 2.45) is 0 Å². The van der Waals surface area contributed by atoms with E-state index in [0.717, 1.165) is 18.7 Å². The second-order valence-electron chi connectivity index (χ2n) is 6.09. The van der Waals surface area contributed by atoms with Crippen molar-refractivity contribution in [2.45, 2.75) is 13.5 Å². The van der Waals surface area contributed by atoms with Crippen LogP contribution in [-0.4, -0.2) is 44.1 Å². The maximum atomic E-state index is 12.5. The molecule has 0 aliphatic heterocycles. The third kappa shape index (κ3) is 6.01. The van der Waals surface area contributed by atoms with Gasteiger partial charge in [0, 0.05) is 6.07 Å². The summed E-state index contributed by atoms with van der Waals surface area (Å²) in [5.41, 5.74) is -0.0593. The zero-order valence-electron chi connectivity index (χ0n) is 16.7. The molecule has 0 bridgehead atoms. The van der Waals surface area contributed by atoms with Crippen molar-refractivity contribution >= 4 is 23.2 Å². The fraction of sp³-hybridized carbons (Fsp3) is 0.263. The highest BCUT2D eigenvalue weighted by Gasteiger charge is 2.26. The molecule has 166 valence electrons. The molecule has 0 atom stereocenters. The van der Waals surface area contributed by atoms with Gasteiger partial charge in [-0.3, -0.25) is 19.7 Å². The minimum Gasteiger partial charge on any atom is -0.495 e. The molecule has 2 aromatic carbocycles. The highest BCUT2D eigenvalue weighted by molar-refractivity contribution is 6.02. The Morgan fingerprint density at radius 2 is 1.77 bits per heavy atom. The number of nitrogens with zero attached hydrogens (tertiary/aromatic N) is 1. The van der Waals surface area contributed by atoms with Gasteiger partial charge in [-0.1, -0.05) is 6.07 Å². The molecule has 2 amide bonds. The summed E-state index contributed by atoms with van der Waals surface area (Å²) in [6, 6.07) is 6.63. The molecule has 0 saturated heterocycles. The molecule has 0 fully saturated rings. The first-order chi connectivity index (χ1) is 14.7. The second kappa shape index (κ2) is 10.2. The van der Waals surface area contributed by atoms with Gasteiger partial charge in [0.25, 0.3) is 11.6 Å². The number of aryl methyl sites for hydroxylation is 1. The van der Waals surface area contributed by atoms with Crippen LogP contribution in [0.5, 0.6) is 17.2 Å². The number of rotatable bonds is 9. The van der Waals surface area contributed by atoms with Crippen molar-refractivity contribution in [3.8, 4) is 17.2 Å². The number of hydrogen-bond donors (Lipinski definition) is 2. The number of nitrogens with one attached hydrogen (secondary N) is 2. The number of nitro groups is 1. The standard InChI is InChI=1S/C19H19F2N3O7/c1-10-4-5-14(29-2)12(6-10)23-17(25)9-22-18(26)11-7-15(30-3)16(31-19(20)21)8-13(11)24(27)28/h4-8,19H,9H2,1-3H3,(H,22,26)(H,23,25). The number of methoxy groups -OCH3 is 2. The number of alkyl halides is 2. The van der Waals surface area contributed by atoms with Gasteiger partial charge in [0.1, 0.15) is 11.3 Å². The maximum absolute atomic E-state index is 12.5. The van der Waals surface area contributed by atoms with Crippen LogP contribution in [0, 0.1) is 17.0 Å². The van der Waals surface area contributed by atoms with Gasteiger partial charge >= 0.3 is 6.61 Å². The molecular weight excluding hydrogens is 420 g/mol. The van der Waals surface area contributed by atoms with Gasteiger partial charge in [-0.25, -0.2) is 0 Å². The van der Waals surface area contributed by atoms with E-state index >= 15 is 0 Å². The average molecular weight is 439 g/mol. The van der Waals surface area contributed by atoms with Crippen LogP contribution in [0.25, 0.3) is 0 Å². The van der Waals surface area contributed by atoms with Crippen LogP contribution < -0.4 is 24.8 Å². The number of anilines is 1. The lowest BCUT2D eigenvalue weighted by Crippen LogP contribution is -2.33. The molecule has 0 spiro atoms. The predicted molar refractivity (Wildman–Crippen MR) is 105 cm³/mol. The minimum atomic E-state index is -3.25. The van der Waals surface area contributed by atoms with Crippen molar-refractivity contribution in [3.05, 3.63) is 51.6 Å². The Labute approximate surface area is 175 Å². The Morgan fingerprint density at radius 1 is 1.10 bits per heavy atom. The van der Waals surface area contributed by atoms with Crippen LogP contribution in [0.4, 0.5) is 20.2 Å². The molecule has 10 nitrogen and oxygen atoms in total. The van der Waals surface area contributed by atoms with E-state index in [1.807, 2.05) is 6.92 Å². The van der Waals surface area contributed by atoms with Gasteiger partial charge in [0.2, 0.25) is 5.91 Å². The average Bonchev–Trinajstić information content (AvgIpc) is 2.71. The number of carbonyl (C=O) groups is 2. The molecule has 2 aromatic rings. The van der Waals surface area contributed by atoms with Gasteiger partial charge in [-0.2, -0.15) is 8.78 Å². The molecule has 12 heteroatoms. The van der Waals surface area contributed by atoms with Crippen molar-refractivity contribution < 1.29 is 37.5 Å². The largest absolute Gasteiger partial charge is 0.495 e. The molecule has 0 radical (unpaired) electrons. The third-order valence-electron chi connectivity index (χ3n) is 3.98. The fourth-order valence-electron chi connectivity index (χ4n) is 2.60. The highest BCUT2D eigenvalue weighted by atomic mass is 19.3. The number of amides is 2. The number of ether oxygens (including phenoxy) is 3. The van der Waals surface area contributed by atoms with Crippen molar-refractivity contribution in [1.82, 2.24) is 5.32 Å². The number of halogens is 2. The van der Waals surface area contributed by atoms with Crippen molar-refractivity contribution in [3.63, 3.8) is 0 Å². The molecule has 0 heterocycles. The lowest BCUT2D eigenvalue weighted by Gasteiger charge is -2.13. The van der Waals surface area contributed by atoms with Crippen LogP contribution >= 0.6 is 0 Å². The number of benzene rings is 2. The molecule has 0 unspecified atom stereocenters. The van der Waals surface area contributed by atoms with E-state index in [2.05, 4.69) is 15.4 Å². The summed E-state index contributed by atoms with van der Waals surface area (Å²) >= 11 is 0. The lowest BCUT2D eigenvalue weighted by molar-refractivity contribution is -0.385. The zero-order valence-corrected chi connectivity index (χ0v) is 16.7. The predicted octanol–water partition coefficient (Wildman–Crippen LogP) is 2.89. The quantitative estimate of drug-likeness (QED) is 0.454. The van der Waals surface area contributed by atoms with E-state index in [4.69, 9.17) is 9.47 Å². The first-order valence-electron chi connectivity index (χ1n) is 8.70. The Balaban J connectivity index is 2.18. The van der Waals surface area contributed by atoms with Crippen LogP contribution in [0.1, 0.15) is 15.9 Å². The lowest BCUT2D eigenvalue weighted by atomic mass is 10.1. The summed E-state index contributed by atoms with van der Waals surface area (Å²) in [4.78, 5) is 35.0. The van der Waals surface area contributed by atoms with Gasteiger partial charge in [0.05, 0.1) is 37.4 Å². The zero-order chi connectivity index (χ0) is 23.1. The van der Waals surface area contributed by atoms with Gasteiger partial charge in [0.15, 0.2) is 11.5 Å². The number of hydrogen-bond acceptors (Lipinski definition) is 7. The molecule has 2 rings (SSSR count). The van der Waals surface area contributed by atoms with Crippen LogP contribution in [0.15, 0.2) is 30.3 Å². The molecule has 0 aromatic heterocycles. The van der Waals surface area contributed by atoms with Gasteiger partial charge < -0.3 is 24.8 Å². The second-order valence-corrected chi connectivity index (χ2v) is 6.09. The topological polar surface area (TPSA) is 129 Å². The fourth-order valence-corrected chi connectivity index (χ4v) is 2.60. The summed E-state index contributed by atoms with van der Waals surface area (Å²) in [6.45, 7) is -1.97.